The Kier molecular flexibility index (Phi) is 8.24. The zero-order chi connectivity index (χ0) is 23.1. The van der Waals surface area contributed by atoms with E-state index in [0.29, 0.717) is 0 Å². The molecule has 0 bridgehead atoms. The van der Waals surface area contributed by atoms with Gasteiger partial charge in [-0.15, -0.1) is 0 Å². The second-order valence-corrected chi connectivity index (χ2v) is 8.05. The lowest BCUT2D eigenvalue weighted by molar-refractivity contribution is -0.139. The van der Waals surface area contributed by atoms with Crippen LogP contribution in [0.3, 0.4) is 0 Å². The number of aryl methyl sites for hydroxylation is 1. The van der Waals surface area contributed by atoms with Crippen molar-refractivity contribution >= 4 is 18.4 Å². The van der Waals surface area contributed by atoms with Crippen LogP contribution < -0.4 is 4.72 Å². The van der Waals surface area contributed by atoms with E-state index in [2.05, 4.69) is 15.8 Å². The molecule has 2 N–H and O–H groups in total. The highest BCUT2D eigenvalue weighted by Gasteiger charge is 2.33. The van der Waals surface area contributed by atoms with E-state index in [1.807, 2.05) is 51.2 Å². The summed E-state index contributed by atoms with van der Waals surface area (Å²) in [6.45, 7) is 5.66. The van der Waals surface area contributed by atoms with E-state index in [9.17, 15) is 13.2 Å². The highest BCUT2D eigenvalue weighted by molar-refractivity contribution is 7.97. The minimum atomic E-state index is -4.38. The first kappa shape index (κ1) is 24.4. The van der Waals surface area contributed by atoms with Crippen LogP contribution in [-0.2, 0) is 16.5 Å². The fraction of sp³-hybridized carbons (Fsp3) is 0.217. The van der Waals surface area contributed by atoms with E-state index >= 15 is 0 Å². The Hall–Kier alpha value is -2.84. The first-order valence-electron chi connectivity index (χ1n) is 9.29. The van der Waals surface area contributed by atoms with Crippen LogP contribution in [0.25, 0.3) is 11.1 Å². The highest BCUT2D eigenvalue weighted by atomic mass is 32.2. The molecule has 0 aliphatic heterocycles. The van der Waals surface area contributed by atoms with Crippen molar-refractivity contribution in [3.63, 3.8) is 0 Å². The molecule has 3 aromatic rings. The molecule has 8 heteroatoms. The standard InChI is InChI=1S/C22H21F3N2S.CH2O2/c1-15-14-26-12-11-18(15)16-7-6-8-17(13-16)21(2,3)27-28-20-10-5-4-9-19(20)22(23,24)25;2-1-3/h4-14,27H,1-3H3;1H,(H,2,3). The van der Waals surface area contributed by atoms with Gasteiger partial charge in [0.05, 0.1) is 5.56 Å². The largest absolute Gasteiger partial charge is 0.483 e. The third-order valence-electron chi connectivity index (χ3n) is 4.52. The number of carboxylic acid groups (broad SMARTS) is 1. The first-order valence-corrected chi connectivity index (χ1v) is 10.1. The summed E-state index contributed by atoms with van der Waals surface area (Å²) in [5.41, 5.74) is 3.01. The zero-order valence-corrected chi connectivity index (χ0v) is 18.1. The predicted octanol–water partition coefficient (Wildman–Crippen LogP) is 6.31. The molecule has 31 heavy (non-hydrogen) atoms. The highest BCUT2D eigenvalue weighted by Crippen LogP contribution is 2.37. The van der Waals surface area contributed by atoms with Crippen molar-refractivity contribution in [1.82, 2.24) is 9.71 Å². The van der Waals surface area contributed by atoms with Crippen molar-refractivity contribution in [2.24, 2.45) is 0 Å². The van der Waals surface area contributed by atoms with Gasteiger partial charge in [-0.25, -0.2) is 4.72 Å². The Morgan fingerprint density at radius 3 is 2.39 bits per heavy atom. The maximum atomic E-state index is 13.2. The molecular formula is C23H23F3N2O2S. The zero-order valence-electron chi connectivity index (χ0n) is 17.3. The van der Waals surface area contributed by atoms with Gasteiger partial charge in [-0.3, -0.25) is 9.78 Å². The molecule has 0 radical (unpaired) electrons. The third kappa shape index (κ3) is 6.57. The van der Waals surface area contributed by atoms with E-state index in [0.717, 1.165) is 40.3 Å². The number of aromatic nitrogens is 1. The van der Waals surface area contributed by atoms with Gasteiger partial charge in [-0.1, -0.05) is 30.3 Å². The maximum Gasteiger partial charge on any atom is 0.417 e. The quantitative estimate of drug-likeness (QED) is 0.354. The van der Waals surface area contributed by atoms with Gasteiger partial charge in [0.1, 0.15) is 0 Å². The molecule has 1 aromatic heterocycles. The molecule has 0 fully saturated rings. The van der Waals surface area contributed by atoms with Crippen molar-refractivity contribution < 1.29 is 23.1 Å². The smallest absolute Gasteiger partial charge is 0.417 e. The molecule has 0 aliphatic rings. The molecular weight excluding hydrogens is 425 g/mol. The Labute approximate surface area is 183 Å². The van der Waals surface area contributed by atoms with E-state index < -0.39 is 17.3 Å². The van der Waals surface area contributed by atoms with Gasteiger partial charge in [0.15, 0.2) is 0 Å². The van der Waals surface area contributed by atoms with Crippen molar-refractivity contribution in [3.8, 4) is 11.1 Å². The van der Waals surface area contributed by atoms with Crippen LogP contribution >= 0.6 is 11.9 Å². The van der Waals surface area contributed by atoms with Crippen LogP contribution in [0.1, 0.15) is 30.5 Å². The minimum absolute atomic E-state index is 0.157. The Morgan fingerprint density at radius 2 is 1.74 bits per heavy atom. The van der Waals surface area contributed by atoms with E-state index in [-0.39, 0.29) is 11.4 Å². The molecule has 0 saturated carbocycles. The molecule has 0 amide bonds. The van der Waals surface area contributed by atoms with Gasteiger partial charge in [-0.2, -0.15) is 13.2 Å². The average Bonchev–Trinajstić information content (AvgIpc) is 2.73. The molecule has 1 heterocycles. The van der Waals surface area contributed by atoms with Crippen LogP contribution in [0.2, 0.25) is 0 Å². The molecule has 0 saturated heterocycles. The number of nitrogens with one attached hydrogen (secondary N) is 1. The van der Waals surface area contributed by atoms with Gasteiger partial charge in [0.2, 0.25) is 0 Å². The molecule has 0 spiro atoms. The van der Waals surface area contributed by atoms with Crippen LogP contribution in [0, 0.1) is 6.92 Å². The van der Waals surface area contributed by atoms with E-state index in [4.69, 9.17) is 9.90 Å². The molecule has 0 atom stereocenters. The van der Waals surface area contributed by atoms with Crippen molar-refractivity contribution in [2.45, 2.75) is 37.4 Å². The van der Waals surface area contributed by atoms with Gasteiger partial charge >= 0.3 is 6.18 Å². The Balaban J connectivity index is 0.00000107. The molecule has 164 valence electrons. The van der Waals surface area contributed by atoms with Gasteiger partial charge in [-0.05, 0) is 79.2 Å². The summed E-state index contributed by atoms with van der Waals surface area (Å²) >= 11 is 1.00. The molecule has 0 aliphatic carbocycles. The number of carbonyl (C=O) groups is 1. The SMILES string of the molecule is Cc1cnccc1-c1cccc(C(C)(C)NSc2ccccc2C(F)(F)F)c1.O=CO. The Bertz CT molecular complexity index is 1020. The van der Waals surface area contributed by atoms with Crippen molar-refractivity contribution in [3.05, 3.63) is 83.7 Å². The first-order chi connectivity index (χ1) is 14.6. The lowest BCUT2D eigenvalue weighted by Crippen LogP contribution is -2.31. The monoisotopic (exact) mass is 448 g/mol. The van der Waals surface area contributed by atoms with Gasteiger partial charge in [0, 0.05) is 22.8 Å². The van der Waals surface area contributed by atoms with Crippen molar-refractivity contribution in [1.29, 1.82) is 0 Å². The fourth-order valence-electron chi connectivity index (χ4n) is 2.90. The fourth-order valence-corrected chi connectivity index (χ4v) is 3.83. The number of hydrogen-bond donors (Lipinski definition) is 2. The maximum absolute atomic E-state index is 13.2. The van der Waals surface area contributed by atoms with E-state index in [1.165, 1.54) is 12.1 Å². The summed E-state index contributed by atoms with van der Waals surface area (Å²) < 4.78 is 42.9. The summed E-state index contributed by atoms with van der Waals surface area (Å²) in [5, 5.41) is 6.89. The summed E-state index contributed by atoms with van der Waals surface area (Å²) in [5.74, 6) is 0. The lowest BCUT2D eigenvalue weighted by Gasteiger charge is -2.27. The van der Waals surface area contributed by atoms with Gasteiger partial charge < -0.3 is 5.11 Å². The summed E-state index contributed by atoms with van der Waals surface area (Å²) in [6.07, 6.45) is -0.814. The second-order valence-electron chi connectivity index (χ2n) is 7.20. The average molecular weight is 449 g/mol. The number of rotatable bonds is 5. The third-order valence-corrected chi connectivity index (χ3v) is 5.71. The number of pyridine rings is 1. The lowest BCUT2D eigenvalue weighted by atomic mass is 9.92. The molecule has 0 unspecified atom stereocenters. The number of alkyl halides is 3. The molecule has 4 nitrogen and oxygen atoms in total. The summed E-state index contributed by atoms with van der Waals surface area (Å²) in [4.78, 5) is 12.6. The normalized spacial score (nSPS) is 11.4. The molecule has 2 aromatic carbocycles. The predicted molar refractivity (Wildman–Crippen MR) is 117 cm³/mol. The van der Waals surface area contributed by atoms with E-state index in [1.54, 1.807) is 12.3 Å². The topological polar surface area (TPSA) is 62.2 Å². The summed E-state index contributed by atoms with van der Waals surface area (Å²) in [6, 6.07) is 15.6. The van der Waals surface area contributed by atoms with Crippen LogP contribution in [-0.4, -0.2) is 16.6 Å². The number of hydrogen-bond acceptors (Lipinski definition) is 4. The molecule has 3 rings (SSSR count). The second kappa shape index (κ2) is 10.5. The Morgan fingerprint density at radius 1 is 1.06 bits per heavy atom. The summed E-state index contributed by atoms with van der Waals surface area (Å²) in [7, 11) is 0. The van der Waals surface area contributed by atoms with Crippen LogP contribution in [0.15, 0.2) is 71.9 Å². The number of benzene rings is 2. The number of halogens is 3. The van der Waals surface area contributed by atoms with Crippen LogP contribution in [0.5, 0.6) is 0 Å². The van der Waals surface area contributed by atoms with Crippen molar-refractivity contribution in [2.75, 3.05) is 0 Å². The van der Waals surface area contributed by atoms with Crippen LogP contribution in [0.4, 0.5) is 13.2 Å². The van der Waals surface area contributed by atoms with Gasteiger partial charge in [0.25, 0.3) is 6.47 Å². The number of nitrogens with zero attached hydrogens (tertiary/aromatic N) is 1. The minimum Gasteiger partial charge on any atom is -0.483 e.